The molecule has 0 saturated carbocycles. The number of thiazole rings is 1. The molecule has 7 heteroatoms. The minimum atomic E-state index is 0.378. The molecule has 140 valence electrons. The number of rotatable bonds is 6. The van der Waals surface area contributed by atoms with E-state index < -0.39 is 0 Å². The summed E-state index contributed by atoms with van der Waals surface area (Å²) < 4.78 is 6.91. The molecule has 1 heterocycles. The van der Waals surface area contributed by atoms with Gasteiger partial charge in [-0.15, -0.1) is 0 Å². The number of nitrogens with one attached hydrogen (secondary N) is 1. The lowest BCUT2D eigenvalue weighted by Crippen LogP contribution is -1.96. The van der Waals surface area contributed by atoms with Crippen LogP contribution in [0, 0.1) is 0 Å². The Morgan fingerprint density at radius 1 is 1.04 bits per heavy atom. The molecule has 0 unspecified atom stereocenters. The van der Waals surface area contributed by atoms with Crippen LogP contribution in [0.1, 0.15) is 11.1 Å². The van der Waals surface area contributed by atoms with Crippen LogP contribution < -0.4 is 10.2 Å². The molecule has 0 atom stereocenters. The van der Waals surface area contributed by atoms with Gasteiger partial charge in [0, 0.05) is 15.6 Å². The minimum Gasteiger partial charge on any atom is -0.489 e. The van der Waals surface area contributed by atoms with Crippen molar-refractivity contribution in [3.05, 3.63) is 87.9 Å². The second-order valence-corrected chi connectivity index (χ2v) is 7.82. The SMILES string of the molecule is Clc1ccc(COc2ccc(/C=N\Nc3nc4ccccc4s3)cc2)c(Cl)c1. The summed E-state index contributed by atoms with van der Waals surface area (Å²) in [4.78, 5) is 4.48. The molecule has 0 aliphatic heterocycles. The molecule has 0 amide bonds. The van der Waals surface area contributed by atoms with Crippen molar-refractivity contribution < 1.29 is 4.74 Å². The summed E-state index contributed by atoms with van der Waals surface area (Å²) in [7, 11) is 0. The van der Waals surface area contributed by atoms with E-state index >= 15 is 0 Å². The molecule has 3 aromatic carbocycles. The Balaban J connectivity index is 1.34. The number of hydrogen-bond acceptors (Lipinski definition) is 5. The molecule has 4 aromatic rings. The molecule has 0 aliphatic carbocycles. The number of halogens is 2. The van der Waals surface area contributed by atoms with Gasteiger partial charge in [0.15, 0.2) is 0 Å². The molecular formula is C21H15Cl2N3OS. The van der Waals surface area contributed by atoms with Gasteiger partial charge < -0.3 is 4.74 Å². The molecule has 4 nitrogen and oxygen atoms in total. The Morgan fingerprint density at radius 3 is 2.64 bits per heavy atom. The molecule has 0 fully saturated rings. The fourth-order valence-electron chi connectivity index (χ4n) is 2.53. The van der Waals surface area contributed by atoms with Gasteiger partial charge in [0.25, 0.3) is 0 Å². The average Bonchev–Trinajstić information content (AvgIpc) is 3.11. The second kappa shape index (κ2) is 8.61. The van der Waals surface area contributed by atoms with Crippen molar-refractivity contribution >= 4 is 56.1 Å². The Morgan fingerprint density at radius 2 is 1.86 bits per heavy atom. The van der Waals surface area contributed by atoms with Crippen molar-refractivity contribution in [2.24, 2.45) is 5.10 Å². The van der Waals surface area contributed by atoms with E-state index in [-0.39, 0.29) is 0 Å². The maximum absolute atomic E-state index is 6.16. The van der Waals surface area contributed by atoms with Gasteiger partial charge in [-0.1, -0.05) is 52.7 Å². The van der Waals surface area contributed by atoms with E-state index in [1.165, 1.54) is 0 Å². The molecule has 0 bridgehead atoms. The van der Waals surface area contributed by atoms with Crippen LogP contribution in [0.25, 0.3) is 10.2 Å². The number of benzene rings is 3. The number of aromatic nitrogens is 1. The van der Waals surface area contributed by atoms with Crippen molar-refractivity contribution in [1.29, 1.82) is 0 Å². The summed E-state index contributed by atoms with van der Waals surface area (Å²) in [5.41, 5.74) is 5.78. The minimum absolute atomic E-state index is 0.378. The van der Waals surface area contributed by atoms with Gasteiger partial charge in [-0.05, 0) is 54.1 Å². The standard InChI is InChI=1S/C21H15Cl2N3OS/c22-16-8-7-15(18(23)11-16)13-27-17-9-5-14(6-10-17)12-24-26-21-25-19-3-1-2-4-20(19)28-21/h1-12H,13H2,(H,25,26)/b24-12-. The summed E-state index contributed by atoms with van der Waals surface area (Å²) >= 11 is 13.6. The van der Waals surface area contributed by atoms with Crippen LogP contribution in [-0.2, 0) is 6.61 Å². The van der Waals surface area contributed by atoms with Gasteiger partial charge >= 0.3 is 0 Å². The van der Waals surface area contributed by atoms with E-state index in [0.717, 1.165) is 32.2 Å². The molecule has 0 saturated heterocycles. The Kier molecular flexibility index (Phi) is 5.76. The first-order valence-electron chi connectivity index (χ1n) is 8.49. The third-order valence-electron chi connectivity index (χ3n) is 3.96. The Bertz CT molecular complexity index is 1090. The normalized spacial score (nSPS) is 11.2. The van der Waals surface area contributed by atoms with Crippen LogP contribution in [0.3, 0.4) is 0 Å². The van der Waals surface area contributed by atoms with E-state index in [0.29, 0.717) is 16.7 Å². The molecule has 0 spiro atoms. The molecule has 28 heavy (non-hydrogen) atoms. The first-order chi connectivity index (χ1) is 13.7. The van der Waals surface area contributed by atoms with Crippen LogP contribution in [-0.4, -0.2) is 11.2 Å². The zero-order chi connectivity index (χ0) is 19.3. The van der Waals surface area contributed by atoms with E-state index in [1.54, 1.807) is 29.7 Å². The quantitative estimate of drug-likeness (QED) is 0.277. The summed E-state index contributed by atoms with van der Waals surface area (Å²) in [5.74, 6) is 0.752. The van der Waals surface area contributed by atoms with Gasteiger partial charge in [-0.2, -0.15) is 5.10 Å². The lowest BCUT2D eigenvalue weighted by Gasteiger charge is -2.08. The Labute approximate surface area is 176 Å². The van der Waals surface area contributed by atoms with E-state index in [1.807, 2.05) is 54.6 Å². The van der Waals surface area contributed by atoms with Crippen molar-refractivity contribution in [3.8, 4) is 5.75 Å². The highest BCUT2D eigenvalue weighted by Crippen LogP contribution is 2.25. The fraction of sp³-hybridized carbons (Fsp3) is 0.0476. The van der Waals surface area contributed by atoms with Gasteiger partial charge in [-0.25, -0.2) is 4.98 Å². The first kappa shape index (κ1) is 18.7. The summed E-state index contributed by atoms with van der Waals surface area (Å²) in [6.45, 7) is 0.378. The van der Waals surface area contributed by atoms with E-state index in [2.05, 4.69) is 15.5 Å². The Hall–Kier alpha value is -2.60. The number of nitrogens with zero attached hydrogens (tertiary/aromatic N) is 2. The molecular weight excluding hydrogens is 413 g/mol. The highest BCUT2D eigenvalue weighted by Gasteiger charge is 2.03. The summed E-state index contributed by atoms with van der Waals surface area (Å²) in [6, 6.07) is 21.0. The predicted octanol–water partition coefficient (Wildman–Crippen LogP) is 6.63. The molecule has 1 aromatic heterocycles. The highest BCUT2D eigenvalue weighted by atomic mass is 35.5. The van der Waals surface area contributed by atoms with Crippen molar-refractivity contribution in [3.63, 3.8) is 0 Å². The lowest BCUT2D eigenvalue weighted by atomic mass is 10.2. The first-order valence-corrected chi connectivity index (χ1v) is 10.1. The zero-order valence-corrected chi connectivity index (χ0v) is 16.9. The average molecular weight is 428 g/mol. The van der Waals surface area contributed by atoms with Crippen molar-refractivity contribution in [1.82, 2.24) is 4.98 Å². The van der Waals surface area contributed by atoms with Crippen LogP contribution in [0.2, 0.25) is 10.0 Å². The van der Waals surface area contributed by atoms with Crippen LogP contribution in [0.15, 0.2) is 71.8 Å². The number of hydrogen-bond donors (Lipinski definition) is 1. The van der Waals surface area contributed by atoms with E-state index in [9.17, 15) is 0 Å². The maximum atomic E-state index is 6.16. The topological polar surface area (TPSA) is 46.5 Å². The number of hydrazone groups is 1. The third-order valence-corrected chi connectivity index (χ3v) is 5.49. The van der Waals surface area contributed by atoms with Crippen LogP contribution in [0.5, 0.6) is 5.75 Å². The molecule has 0 radical (unpaired) electrons. The maximum Gasteiger partial charge on any atom is 0.204 e. The van der Waals surface area contributed by atoms with Gasteiger partial charge in [0.05, 0.1) is 16.4 Å². The van der Waals surface area contributed by atoms with Crippen molar-refractivity contribution in [2.75, 3.05) is 5.43 Å². The number of anilines is 1. The van der Waals surface area contributed by atoms with Gasteiger partial charge in [0.1, 0.15) is 12.4 Å². The third kappa shape index (κ3) is 4.62. The number of para-hydroxylation sites is 1. The van der Waals surface area contributed by atoms with Crippen LogP contribution in [0.4, 0.5) is 5.13 Å². The van der Waals surface area contributed by atoms with Gasteiger partial charge in [0.2, 0.25) is 5.13 Å². The summed E-state index contributed by atoms with van der Waals surface area (Å²) in [5, 5.41) is 6.22. The summed E-state index contributed by atoms with van der Waals surface area (Å²) in [6.07, 6.45) is 1.74. The van der Waals surface area contributed by atoms with Gasteiger partial charge in [-0.3, -0.25) is 5.43 Å². The van der Waals surface area contributed by atoms with E-state index in [4.69, 9.17) is 27.9 Å². The lowest BCUT2D eigenvalue weighted by molar-refractivity contribution is 0.306. The molecule has 0 aliphatic rings. The highest BCUT2D eigenvalue weighted by molar-refractivity contribution is 7.22. The predicted molar refractivity (Wildman–Crippen MR) is 118 cm³/mol. The van der Waals surface area contributed by atoms with Crippen molar-refractivity contribution in [2.45, 2.75) is 6.61 Å². The fourth-order valence-corrected chi connectivity index (χ4v) is 3.81. The molecule has 1 N–H and O–H groups in total. The molecule has 4 rings (SSSR count). The second-order valence-electron chi connectivity index (χ2n) is 5.95. The number of fused-ring (bicyclic) bond motifs is 1. The monoisotopic (exact) mass is 427 g/mol. The number of ether oxygens (including phenoxy) is 1. The smallest absolute Gasteiger partial charge is 0.204 e. The zero-order valence-electron chi connectivity index (χ0n) is 14.6. The largest absolute Gasteiger partial charge is 0.489 e. The van der Waals surface area contributed by atoms with Crippen LogP contribution >= 0.6 is 34.5 Å².